The minimum absolute atomic E-state index is 0.172. The number of benzene rings is 3. The molecule has 0 saturated carbocycles. The van der Waals surface area contributed by atoms with Gasteiger partial charge in [0.15, 0.2) is 17.3 Å². The summed E-state index contributed by atoms with van der Waals surface area (Å²) >= 11 is 0. The Balaban J connectivity index is 1.59. The fourth-order valence-electron chi connectivity index (χ4n) is 3.68. The molecule has 0 atom stereocenters. The number of allylic oxidation sites excluding steroid dienone is 1. The Kier molecular flexibility index (Phi) is 6.50. The quantitative estimate of drug-likeness (QED) is 0.301. The van der Waals surface area contributed by atoms with E-state index in [2.05, 4.69) is 11.9 Å². The zero-order valence-electron chi connectivity index (χ0n) is 19.6. The number of H-pyrrole nitrogens is 1. The molecule has 0 spiro atoms. The molecule has 0 saturated heterocycles. The van der Waals surface area contributed by atoms with Crippen molar-refractivity contribution in [2.45, 2.75) is 13.8 Å². The lowest BCUT2D eigenvalue weighted by Gasteiger charge is -2.07. The molecule has 3 aromatic carbocycles. The Hall–Kier alpha value is -4.32. The van der Waals surface area contributed by atoms with Gasteiger partial charge in [-0.3, -0.25) is 9.36 Å². The largest absolute Gasteiger partial charge is 0.493 e. The van der Waals surface area contributed by atoms with E-state index in [-0.39, 0.29) is 11.5 Å². The summed E-state index contributed by atoms with van der Waals surface area (Å²) in [5, 5.41) is 0. The standard InChI is InChI=1S/C28H26N2O4/c1-18-8-11-21(14-19(18)2)24-17-30(28(32)29-24)23-7-5-6-22(16-23)25(31)12-9-20-10-13-26(33-3)27(15-20)34-4/h5-17H,1-4H3,(H,29,32)/b12-9+. The number of carbonyl (C=O) groups excluding carboxylic acids is 1. The Morgan fingerprint density at radius 2 is 1.71 bits per heavy atom. The molecule has 4 rings (SSSR count). The van der Waals surface area contributed by atoms with Crippen molar-refractivity contribution >= 4 is 11.9 Å². The summed E-state index contributed by atoms with van der Waals surface area (Å²) in [6.07, 6.45) is 4.98. The summed E-state index contributed by atoms with van der Waals surface area (Å²) in [6.45, 7) is 4.09. The number of hydrogen-bond donors (Lipinski definition) is 1. The van der Waals surface area contributed by atoms with Gasteiger partial charge in [0.05, 0.1) is 25.6 Å². The van der Waals surface area contributed by atoms with Crippen LogP contribution in [0.25, 0.3) is 23.0 Å². The number of methoxy groups -OCH3 is 2. The number of hydrogen-bond acceptors (Lipinski definition) is 4. The van der Waals surface area contributed by atoms with Crippen LogP contribution in [0.15, 0.2) is 77.7 Å². The Morgan fingerprint density at radius 1 is 0.912 bits per heavy atom. The Morgan fingerprint density at radius 3 is 2.44 bits per heavy atom. The molecule has 0 aliphatic heterocycles. The van der Waals surface area contributed by atoms with Crippen LogP contribution in [-0.4, -0.2) is 29.6 Å². The molecule has 0 aliphatic carbocycles. The Bertz CT molecular complexity index is 1440. The van der Waals surface area contributed by atoms with Gasteiger partial charge in [-0.05, 0) is 72.5 Å². The molecule has 1 aromatic heterocycles. The molecule has 34 heavy (non-hydrogen) atoms. The van der Waals surface area contributed by atoms with Crippen LogP contribution in [-0.2, 0) is 0 Å². The molecule has 0 unspecified atom stereocenters. The third kappa shape index (κ3) is 4.71. The number of rotatable bonds is 7. The van der Waals surface area contributed by atoms with E-state index in [1.54, 1.807) is 62.9 Å². The number of aromatic nitrogens is 2. The molecule has 0 bridgehead atoms. The second-order valence-corrected chi connectivity index (χ2v) is 8.00. The molecule has 6 heteroatoms. The lowest BCUT2D eigenvalue weighted by molar-refractivity contribution is 0.104. The van der Waals surface area contributed by atoms with E-state index < -0.39 is 0 Å². The smallest absolute Gasteiger partial charge is 0.330 e. The highest BCUT2D eigenvalue weighted by atomic mass is 16.5. The van der Waals surface area contributed by atoms with Crippen LogP contribution in [0.2, 0.25) is 0 Å². The zero-order chi connectivity index (χ0) is 24.2. The third-order valence-electron chi connectivity index (χ3n) is 5.78. The number of ketones is 1. The molecule has 1 N–H and O–H groups in total. The number of carbonyl (C=O) groups is 1. The molecule has 4 aromatic rings. The van der Waals surface area contributed by atoms with Gasteiger partial charge in [0.25, 0.3) is 0 Å². The molecule has 0 amide bonds. The number of nitrogens with one attached hydrogen (secondary N) is 1. The normalized spacial score (nSPS) is 11.1. The van der Waals surface area contributed by atoms with E-state index in [0.717, 1.165) is 22.4 Å². The fourth-order valence-corrected chi connectivity index (χ4v) is 3.68. The number of imidazole rings is 1. The first kappa shape index (κ1) is 22.9. The van der Waals surface area contributed by atoms with Crippen molar-refractivity contribution in [3.05, 3.63) is 106 Å². The summed E-state index contributed by atoms with van der Waals surface area (Å²) in [7, 11) is 3.14. The summed E-state index contributed by atoms with van der Waals surface area (Å²) < 4.78 is 12.1. The number of ether oxygens (including phenoxy) is 2. The van der Waals surface area contributed by atoms with Gasteiger partial charge < -0.3 is 14.5 Å². The van der Waals surface area contributed by atoms with Gasteiger partial charge in [-0.25, -0.2) is 4.79 Å². The van der Waals surface area contributed by atoms with E-state index in [1.165, 1.54) is 16.2 Å². The maximum absolute atomic E-state index is 12.8. The Labute approximate surface area is 198 Å². The van der Waals surface area contributed by atoms with Crippen LogP contribution in [0.3, 0.4) is 0 Å². The van der Waals surface area contributed by atoms with Crippen LogP contribution in [0.4, 0.5) is 0 Å². The molecule has 0 aliphatic rings. The van der Waals surface area contributed by atoms with Crippen molar-refractivity contribution in [3.63, 3.8) is 0 Å². The van der Waals surface area contributed by atoms with Crippen molar-refractivity contribution in [1.82, 2.24) is 9.55 Å². The first-order valence-electron chi connectivity index (χ1n) is 10.8. The highest BCUT2D eigenvalue weighted by Gasteiger charge is 2.10. The van der Waals surface area contributed by atoms with Gasteiger partial charge in [0.2, 0.25) is 0 Å². The van der Waals surface area contributed by atoms with Crippen LogP contribution in [0.5, 0.6) is 11.5 Å². The van der Waals surface area contributed by atoms with E-state index in [0.29, 0.717) is 22.7 Å². The molecule has 0 radical (unpaired) electrons. The van der Waals surface area contributed by atoms with Crippen molar-refractivity contribution in [3.8, 4) is 28.4 Å². The lowest BCUT2D eigenvalue weighted by Crippen LogP contribution is -2.14. The number of aromatic amines is 1. The van der Waals surface area contributed by atoms with Gasteiger partial charge in [0.1, 0.15) is 0 Å². The van der Waals surface area contributed by atoms with Crippen molar-refractivity contribution in [1.29, 1.82) is 0 Å². The van der Waals surface area contributed by atoms with E-state index in [1.807, 2.05) is 31.2 Å². The van der Waals surface area contributed by atoms with Crippen molar-refractivity contribution in [2.75, 3.05) is 14.2 Å². The second kappa shape index (κ2) is 9.67. The third-order valence-corrected chi connectivity index (χ3v) is 5.78. The predicted octanol–water partition coefficient (Wildman–Crippen LogP) is 5.36. The summed E-state index contributed by atoms with van der Waals surface area (Å²) in [4.78, 5) is 28.4. The first-order valence-corrected chi connectivity index (χ1v) is 10.8. The van der Waals surface area contributed by atoms with Crippen LogP contribution in [0, 0.1) is 13.8 Å². The second-order valence-electron chi connectivity index (χ2n) is 8.00. The van der Waals surface area contributed by atoms with E-state index >= 15 is 0 Å². The maximum Gasteiger partial charge on any atom is 0.330 e. The topological polar surface area (TPSA) is 73.3 Å². The number of aryl methyl sites for hydroxylation is 2. The van der Waals surface area contributed by atoms with E-state index in [9.17, 15) is 9.59 Å². The van der Waals surface area contributed by atoms with Gasteiger partial charge in [0, 0.05) is 11.8 Å². The number of nitrogens with zero attached hydrogens (tertiary/aromatic N) is 1. The van der Waals surface area contributed by atoms with E-state index in [4.69, 9.17) is 9.47 Å². The maximum atomic E-state index is 12.8. The lowest BCUT2D eigenvalue weighted by atomic mass is 10.0. The minimum Gasteiger partial charge on any atom is -0.493 e. The fraction of sp³-hybridized carbons (Fsp3) is 0.143. The average molecular weight is 455 g/mol. The molecule has 1 heterocycles. The minimum atomic E-state index is -0.265. The van der Waals surface area contributed by atoms with Crippen LogP contribution >= 0.6 is 0 Å². The monoisotopic (exact) mass is 454 g/mol. The van der Waals surface area contributed by atoms with Crippen molar-refractivity contribution in [2.24, 2.45) is 0 Å². The molecular formula is C28H26N2O4. The molecular weight excluding hydrogens is 428 g/mol. The summed E-state index contributed by atoms with van der Waals surface area (Å²) in [6, 6.07) is 18.5. The van der Waals surface area contributed by atoms with Gasteiger partial charge in [-0.2, -0.15) is 0 Å². The van der Waals surface area contributed by atoms with Gasteiger partial charge in [-0.15, -0.1) is 0 Å². The first-order chi connectivity index (χ1) is 16.4. The highest BCUT2D eigenvalue weighted by molar-refractivity contribution is 6.07. The SMILES string of the molecule is COc1ccc(/C=C/C(=O)c2cccc(-n3cc(-c4ccc(C)c(C)c4)[nH]c3=O)c2)cc1OC. The highest BCUT2D eigenvalue weighted by Crippen LogP contribution is 2.28. The molecule has 0 fully saturated rings. The predicted molar refractivity (Wildman–Crippen MR) is 134 cm³/mol. The average Bonchev–Trinajstić information content (AvgIpc) is 3.25. The molecule has 6 nitrogen and oxygen atoms in total. The summed E-state index contributed by atoms with van der Waals surface area (Å²) in [5.74, 6) is 1.04. The van der Waals surface area contributed by atoms with Crippen LogP contribution in [0.1, 0.15) is 27.0 Å². The zero-order valence-corrected chi connectivity index (χ0v) is 19.6. The van der Waals surface area contributed by atoms with Gasteiger partial charge in [-0.1, -0.05) is 36.4 Å². The van der Waals surface area contributed by atoms with Crippen molar-refractivity contribution < 1.29 is 14.3 Å². The summed E-state index contributed by atoms with van der Waals surface area (Å²) in [5.41, 5.74) is 5.64. The van der Waals surface area contributed by atoms with Gasteiger partial charge >= 0.3 is 5.69 Å². The van der Waals surface area contributed by atoms with Crippen LogP contribution < -0.4 is 15.2 Å². The molecule has 172 valence electrons.